The number of nitrogens with zero attached hydrogens (tertiary/aromatic N) is 3. The van der Waals surface area contributed by atoms with Crippen LogP contribution in [0.5, 0.6) is 0 Å². The molecule has 0 atom stereocenters. The van der Waals surface area contributed by atoms with Crippen molar-refractivity contribution in [2.45, 2.75) is 6.92 Å². The van der Waals surface area contributed by atoms with Gasteiger partial charge in [-0.3, -0.25) is 19.6 Å². The average molecular weight is 275 g/mol. The number of nitro groups is 1. The number of carbonyl (C=O) groups excluding carboxylic acids is 1. The number of amides is 1. The Hall–Kier alpha value is -2.90. The van der Waals surface area contributed by atoms with Crippen LogP contribution >= 0.6 is 0 Å². The van der Waals surface area contributed by atoms with E-state index >= 15 is 0 Å². The topological polar surface area (TPSA) is 116 Å². The Morgan fingerprint density at radius 1 is 1.50 bits per heavy atom. The molecule has 0 bridgehead atoms. The summed E-state index contributed by atoms with van der Waals surface area (Å²) in [5.74, 6) is -0.400. The summed E-state index contributed by atoms with van der Waals surface area (Å²) in [5.41, 5.74) is 6.78. The van der Waals surface area contributed by atoms with Crippen molar-refractivity contribution in [3.63, 3.8) is 0 Å². The number of nitrogens with one attached hydrogen (secondary N) is 1. The Morgan fingerprint density at radius 2 is 2.20 bits per heavy atom. The molecular weight excluding hydrogens is 262 g/mol. The number of nitrogens with two attached hydrogens (primary N) is 1. The zero-order valence-electron chi connectivity index (χ0n) is 11.0. The number of aromatic nitrogens is 2. The Balaban J connectivity index is 2.24. The summed E-state index contributed by atoms with van der Waals surface area (Å²) in [4.78, 5) is 22.1. The molecule has 0 aliphatic rings. The normalized spacial score (nSPS) is 10.3. The van der Waals surface area contributed by atoms with Gasteiger partial charge in [0.1, 0.15) is 5.69 Å². The predicted molar refractivity (Wildman–Crippen MR) is 73.4 cm³/mol. The molecule has 2 rings (SSSR count). The molecule has 1 aromatic carbocycles. The molecule has 104 valence electrons. The molecule has 0 saturated carbocycles. The van der Waals surface area contributed by atoms with Gasteiger partial charge < -0.3 is 11.1 Å². The lowest BCUT2D eigenvalue weighted by Crippen LogP contribution is -2.12. The first kappa shape index (κ1) is 13.5. The standard InChI is InChI=1S/C12H13N5O3/c1-7-10(6-16(2)15-7)14-12(18)8-3-4-11(17(19)20)9(13)5-8/h3-6H,13H2,1-2H3,(H,14,18). The van der Waals surface area contributed by atoms with Crippen LogP contribution in [0.3, 0.4) is 0 Å². The van der Waals surface area contributed by atoms with Crippen LogP contribution in [0.2, 0.25) is 0 Å². The van der Waals surface area contributed by atoms with Crippen molar-refractivity contribution >= 4 is 23.0 Å². The van der Waals surface area contributed by atoms with Gasteiger partial charge in [-0.15, -0.1) is 0 Å². The summed E-state index contributed by atoms with van der Waals surface area (Å²) >= 11 is 0. The number of hydrogen-bond donors (Lipinski definition) is 2. The molecule has 8 nitrogen and oxygen atoms in total. The van der Waals surface area contributed by atoms with Crippen molar-refractivity contribution in [3.05, 3.63) is 45.8 Å². The Morgan fingerprint density at radius 3 is 2.70 bits per heavy atom. The number of carbonyl (C=O) groups is 1. The van der Waals surface area contributed by atoms with Gasteiger partial charge in [-0.25, -0.2) is 0 Å². The van der Waals surface area contributed by atoms with Crippen molar-refractivity contribution in [2.24, 2.45) is 7.05 Å². The summed E-state index contributed by atoms with van der Waals surface area (Å²) in [6.07, 6.45) is 1.67. The molecule has 8 heteroatoms. The number of nitrogen functional groups attached to an aromatic ring is 1. The largest absolute Gasteiger partial charge is 0.393 e. The van der Waals surface area contributed by atoms with E-state index < -0.39 is 10.8 Å². The first-order valence-corrected chi connectivity index (χ1v) is 5.74. The fourth-order valence-corrected chi connectivity index (χ4v) is 1.78. The molecule has 0 aliphatic heterocycles. The lowest BCUT2D eigenvalue weighted by atomic mass is 10.1. The lowest BCUT2D eigenvalue weighted by Gasteiger charge is -2.04. The van der Waals surface area contributed by atoms with Gasteiger partial charge in [-0.05, 0) is 19.1 Å². The SMILES string of the molecule is Cc1nn(C)cc1NC(=O)c1ccc([N+](=O)[O-])c(N)c1. The fourth-order valence-electron chi connectivity index (χ4n) is 1.78. The first-order valence-electron chi connectivity index (χ1n) is 5.74. The average Bonchev–Trinajstić information content (AvgIpc) is 2.67. The minimum Gasteiger partial charge on any atom is -0.393 e. The van der Waals surface area contributed by atoms with Crippen molar-refractivity contribution < 1.29 is 9.72 Å². The van der Waals surface area contributed by atoms with Gasteiger partial charge in [0.05, 0.1) is 16.3 Å². The van der Waals surface area contributed by atoms with Crippen LogP contribution in [0, 0.1) is 17.0 Å². The van der Waals surface area contributed by atoms with E-state index in [1.165, 1.54) is 18.2 Å². The maximum Gasteiger partial charge on any atom is 0.292 e. The van der Waals surface area contributed by atoms with E-state index in [2.05, 4.69) is 10.4 Å². The van der Waals surface area contributed by atoms with Crippen LogP contribution in [-0.2, 0) is 7.05 Å². The number of benzene rings is 1. The molecule has 3 N–H and O–H groups in total. The fraction of sp³-hybridized carbons (Fsp3) is 0.167. The van der Waals surface area contributed by atoms with E-state index in [1.54, 1.807) is 24.9 Å². The second kappa shape index (κ2) is 5.00. The highest BCUT2D eigenvalue weighted by Gasteiger charge is 2.15. The molecule has 1 amide bonds. The Kier molecular flexibility index (Phi) is 3.38. The number of rotatable bonds is 3. The van der Waals surface area contributed by atoms with E-state index in [9.17, 15) is 14.9 Å². The summed E-state index contributed by atoms with van der Waals surface area (Å²) < 4.78 is 1.58. The van der Waals surface area contributed by atoms with Crippen LogP contribution in [0.4, 0.5) is 17.1 Å². The number of aryl methyl sites for hydroxylation is 2. The van der Waals surface area contributed by atoms with Crippen molar-refractivity contribution in [2.75, 3.05) is 11.1 Å². The third kappa shape index (κ3) is 2.58. The maximum absolute atomic E-state index is 12.0. The molecule has 2 aromatic rings. The van der Waals surface area contributed by atoms with Crippen LogP contribution in [0.25, 0.3) is 0 Å². The minimum absolute atomic E-state index is 0.0504. The van der Waals surface area contributed by atoms with E-state index in [0.717, 1.165) is 0 Å². The highest BCUT2D eigenvalue weighted by Crippen LogP contribution is 2.23. The molecule has 0 saturated heterocycles. The maximum atomic E-state index is 12.0. The molecule has 1 aromatic heterocycles. The molecular formula is C12H13N5O3. The first-order chi connectivity index (χ1) is 9.38. The van der Waals surface area contributed by atoms with Crippen molar-refractivity contribution in [1.29, 1.82) is 0 Å². The van der Waals surface area contributed by atoms with Crippen LogP contribution in [0.1, 0.15) is 16.1 Å². The smallest absolute Gasteiger partial charge is 0.292 e. The molecule has 20 heavy (non-hydrogen) atoms. The summed E-state index contributed by atoms with van der Waals surface area (Å²) in [6.45, 7) is 1.76. The molecule has 0 radical (unpaired) electrons. The lowest BCUT2D eigenvalue weighted by molar-refractivity contribution is -0.383. The van der Waals surface area contributed by atoms with E-state index in [1.807, 2.05) is 0 Å². The van der Waals surface area contributed by atoms with Crippen LogP contribution < -0.4 is 11.1 Å². The number of anilines is 2. The number of hydrogen-bond acceptors (Lipinski definition) is 5. The van der Waals surface area contributed by atoms with E-state index in [4.69, 9.17) is 5.73 Å². The molecule has 1 heterocycles. The Labute approximate surface area is 114 Å². The quantitative estimate of drug-likeness (QED) is 0.500. The summed E-state index contributed by atoms with van der Waals surface area (Å²) in [5, 5.41) is 17.4. The number of nitro benzene ring substituents is 1. The van der Waals surface area contributed by atoms with Gasteiger partial charge in [-0.2, -0.15) is 5.10 Å². The van der Waals surface area contributed by atoms with Crippen molar-refractivity contribution in [3.8, 4) is 0 Å². The van der Waals surface area contributed by atoms with Gasteiger partial charge >= 0.3 is 0 Å². The third-order valence-electron chi connectivity index (χ3n) is 2.75. The van der Waals surface area contributed by atoms with Gasteiger partial charge in [0.15, 0.2) is 0 Å². The van der Waals surface area contributed by atoms with E-state index in [-0.39, 0.29) is 16.9 Å². The van der Waals surface area contributed by atoms with Crippen molar-refractivity contribution in [1.82, 2.24) is 9.78 Å². The molecule has 0 aliphatic carbocycles. The van der Waals surface area contributed by atoms with Crippen LogP contribution in [-0.4, -0.2) is 20.6 Å². The highest BCUT2D eigenvalue weighted by molar-refractivity contribution is 6.05. The minimum atomic E-state index is -0.595. The van der Waals surface area contributed by atoms with Gasteiger partial charge in [0.2, 0.25) is 0 Å². The van der Waals surface area contributed by atoms with Gasteiger partial charge in [-0.1, -0.05) is 0 Å². The van der Waals surface area contributed by atoms with E-state index in [0.29, 0.717) is 11.4 Å². The summed E-state index contributed by atoms with van der Waals surface area (Å²) in [7, 11) is 1.74. The second-order valence-corrected chi connectivity index (χ2v) is 4.29. The zero-order chi connectivity index (χ0) is 14.9. The molecule has 0 fully saturated rings. The molecule has 0 spiro atoms. The monoisotopic (exact) mass is 275 g/mol. The summed E-state index contributed by atoms with van der Waals surface area (Å²) in [6, 6.07) is 3.84. The Bertz CT molecular complexity index is 692. The molecule has 0 unspecified atom stereocenters. The second-order valence-electron chi connectivity index (χ2n) is 4.29. The predicted octanol–water partition coefficient (Wildman–Crippen LogP) is 1.47. The highest BCUT2D eigenvalue weighted by atomic mass is 16.6. The van der Waals surface area contributed by atoms with Gasteiger partial charge in [0.25, 0.3) is 11.6 Å². The van der Waals surface area contributed by atoms with Gasteiger partial charge in [0, 0.05) is 24.9 Å². The zero-order valence-corrected chi connectivity index (χ0v) is 11.0. The van der Waals surface area contributed by atoms with Crippen LogP contribution in [0.15, 0.2) is 24.4 Å². The third-order valence-corrected chi connectivity index (χ3v) is 2.75.